The highest BCUT2D eigenvalue weighted by molar-refractivity contribution is 4.82. The van der Waals surface area contributed by atoms with Crippen LogP contribution in [0, 0.1) is 11.8 Å². The van der Waals surface area contributed by atoms with Crippen LogP contribution in [-0.2, 0) is 0 Å². The van der Waals surface area contributed by atoms with Gasteiger partial charge in [-0.3, -0.25) is 0 Å². The van der Waals surface area contributed by atoms with Gasteiger partial charge in [-0.05, 0) is 63.7 Å². The number of nitrogens with zero attached hydrogens (tertiary/aromatic N) is 1. The van der Waals surface area contributed by atoms with E-state index in [-0.39, 0.29) is 0 Å². The lowest BCUT2D eigenvalue weighted by Crippen LogP contribution is -2.41. The molecule has 1 aliphatic heterocycles. The van der Waals surface area contributed by atoms with Gasteiger partial charge in [0.25, 0.3) is 0 Å². The molecule has 2 nitrogen and oxygen atoms in total. The first-order valence-electron chi connectivity index (χ1n) is 7.73. The van der Waals surface area contributed by atoms with Crippen LogP contribution in [-0.4, -0.2) is 37.1 Å². The fraction of sp³-hybridized carbons (Fsp3) is 1.00. The zero-order valence-corrected chi connectivity index (χ0v) is 11.8. The average Bonchev–Trinajstić information content (AvgIpc) is 2.83. The molecule has 0 radical (unpaired) electrons. The van der Waals surface area contributed by atoms with E-state index in [1.54, 1.807) is 0 Å². The maximum absolute atomic E-state index is 3.80. The van der Waals surface area contributed by atoms with Gasteiger partial charge >= 0.3 is 0 Å². The molecule has 1 heterocycles. The number of hydrogen-bond acceptors (Lipinski definition) is 2. The van der Waals surface area contributed by atoms with Crippen molar-refractivity contribution in [1.82, 2.24) is 10.2 Å². The molecule has 0 aromatic rings. The third kappa shape index (κ3) is 3.96. The van der Waals surface area contributed by atoms with Crippen molar-refractivity contribution in [2.24, 2.45) is 11.8 Å². The molecule has 0 aromatic carbocycles. The number of hydrogen-bond donors (Lipinski definition) is 1. The van der Waals surface area contributed by atoms with Gasteiger partial charge in [-0.2, -0.15) is 0 Å². The van der Waals surface area contributed by atoms with Crippen molar-refractivity contribution < 1.29 is 0 Å². The van der Waals surface area contributed by atoms with Crippen LogP contribution in [0.4, 0.5) is 0 Å². The highest BCUT2D eigenvalue weighted by Gasteiger charge is 2.26. The van der Waals surface area contributed by atoms with Crippen molar-refractivity contribution in [2.45, 2.75) is 58.4 Å². The third-order valence-electron chi connectivity index (χ3n) is 4.96. The molecule has 0 amide bonds. The summed E-state index contributed by atoms with van der Waals surface area (Å²) in [5.41, 5.74) is 0. The molecular weight excluding hydrogens is 208 g/mol. The molecule has 17 heavy (non-hydrogen) atoms. The smallest absolute Gasteiger partial charge is 0.00952 e. The van der Waals surface area contributed by atoms with Gasteiger partial charge in [-0.1, -0.05) is 26.7 Å². The molecule has 2 rings (SSSR count). The highest BCUT2D eigenvalue weighted by Crippen LogP contribution is 2.29. The van der Waals surface area contributed by atoms with Crippen molar-refractivity contribution in [2.75, 3.05) is 26.2 Å². The summed E-state index contributed by atoms with van der Waals surface area (Å²) in [4.78, 5) is 2.62. The van der Waals surface area contributed by atoms with Gasteiger partial charge in [0.1, 0.15) is 0 Å². The SMILES string of the molecule is CC1CCCC(NCCCN2CCCC2)C1C. The molecule has 3 atom stereocenters. The highest BCUT2D eigenvalue weighted by atomic mass is 15.1. The Bertz CT molecular complexity index is 211. The van der Waals surface area contributed by atoms with Gasteiger partial charge in [-0.25, -0.2) is 0 Å². The molecule has 1 aliphatic carbocycles. The summed E-state index contributed by atoms with van der Waals surface area (Å²) in [6.07, 6.45) is 8.43. The molecule has 1 saturated heterocycles. The Kier molecular flexibility index (Phi) is 5.30. The normalized spacial score (nSPS) is 35.3. The molecule has 3 unspecified atom stereocenters. The van der Waals surface area contributed by atoms with Gasteiger partial charge in [0.2, 0.25) is 0 Å². The minimum absolute atomic E-state index is 0.789. The summed E-state index contributed by atoms with van der Waals surface area (Å²) >= 11 is 0. The van der Waals surface area contributed by atoms with Crippen molar-refractivity contribution in [3.8, 4) is 0 Å². The van der Waals surface area contributed by atoms with E-state index in [0.29, 0.717) is 0 Å². The zero-order chi connectivity index (χ0) is 12.1. The van der Waals surface area contributed by atoms with Crippen LogP contribution >= 0.6 is 0 Å². The van der Waals surface area contributed by atoms with E-state index < -0.39 is 0 Å². The van der Waals surface area contributed by atoms with Crippen LogP contribution in [0.25, 0.3) is 0 Å². The third-order valence-corrected chi connectivity index (χ3v) is 4.96. The lowest BCUT2D eigenvalue weighted by Gasteiger charge is -2.35. The minimum atomic E-state index is 0.789. The molecule has 1 N–H and O–H groups in total. The Morgan fingerprint density at radius 2 is 1.82 bits per heavy atom. The van der Waals surface area contributed by atoms with E-state index in [2.05, 4.69) is 24.1 Å². The molecule has 1 saturated carbocycles. The first-order chi connectivity index (χ1) is 8.27. The van der Waals surface area contributed by atoms with Crippen LogP contribution in [0.15, 0.2) is 0 Å². The molecule has 100 valence electrons. The first kappa shape index (κ1) is 13.4. The monoisotopic (exact) mass is 238 g/mol. The van der Waals surface area contributed by atoms with Gasteiger partial charge in [0.15, 0.2) is 0 Å². The molecule has 0 aromatic heterocycles. The number of rotatable bonds is 5. The van der Waals surface area contributed by atoms with E-state index in [4.69, 9.17) is 0 Å². The lowest BCUT2D eigenvalue weighted by atomic mass is 9.78. The number of likely N-dealkylation sites (tertiary alicyclic amines) is 1. The average molecular weight is 238 g/mol. The van der Waals surface area contributed by atoms with E-state index in [9.17, 15) is 0 Å². The Labute approximate surface area is 107 Å². The maximum Gasteiger partial charge on any atom is 0.00952 e. The summed E-state index contributed by atoms with van der Waals surface area (Å²) in [5, 5.41) is 3.80. The predicted octanol–water partition coefficient (Wildman–Crippen LogP) is 2.89. The first-order valence-corrected chi connectivity index (χ1v) is 7.73. The van der Waals surface area contributed by atoms with Crippen molar-refractivity contribution in [3.05, 3.63) is 0 Å². The second-order valence-electron chi connectivity index (χ2n) is 6.23. The van der Waals surface area contributed by atoms with E-state index in [1.807, 2.05) is 0 Å². The Morgan fingerprint density at radius 1 is 1.06 bits per heavy atom. The lowest BCUT2D eigenvalue weighted by molar-refractivity contribution is 0.204. The van der Waals surface area contributed by atoms with Gasteiger partial charge in [0.05, 0.1) is 0 Å². The molecule has 2 aliphatic rings. The Balaban J connectivity index is 1.57. The van der Waals surface area contributed by atoms with Crippen LogP contribution in [0.3, 0.4) is 0 Å². The molecule has 0 bridgehead atoms. The second-order valence-corrected chi connectivity index (χ2v) is 6.23. The summed E-state index contributed by atoms with van der Waals surface area (Å²) in [5.74, 6) is 1.79. The number of nitrogens with one attached hydrogen (secondary N) is 1. The molecule has 2 fully saturated rings. The second kappa shape index (κ2) is 6.75. The standard InChI is InChI=1S/C15H30N2/c1-13-7-5-8-15(14(13)2)16-9-6-12-17-10-3-4-11-17/h13-16H,3-12H2,1-2H3. The van der Waals surface area contributed by atoms with E-state index >= 15 is 0 Å². The van der Waals surface area contributed by atoms with Crippen molar-refractivity contribution >= 4 is 0 Å². The van der Waals surface area contributed by atoms with Crippen molar-refractivity contribution in [1.29, 1.82) is 0 Å². The van der Waals surface area contributed by atoms with E-state index in [0.717, 1.165) is 17.9 Å². The molecular formula is C15H30N2. The van der Waals surface area contributed by atoms with Gasteiger partial charge in [-0.15, -0.1) is 0 Å². The Morgan fingerprint density at radius 3 is 2.59 bits per heavy atom. The minimum Gasteiger partial charge on any atom is -0.314 e. The zero-order valence-electron chi connectivity index (χ0n) is 11.8. The van der Waals surface area contributed by atoms with Crippen LogP contribution in [0.1, 0.15) is 52.4 Å². The van der Waals surface area contributed by atoms with Crippen LogP contribution in [0.5, 0.6) is 0 Å². The quantitative estimate of drug-likeness (QED) is 0.741. The fourth-order valence-corrected chi connectivity index (χ4v) is 3.47. The summed E-state index contributed by atoms with van der Waals surface area (Å²) in [7, 11) is 0. The topological polar surface area (TPSA) is 15.3 Å². The fourth-order valence-electron chi connectivity index (χ4n) is 3.47. The maximum atomic E-state index is 3.80. The predicted molar refractivity (Wildman–Crippen MR) is 74.3 cm³/mol. The van der Waals surface area contributed by atoms with Gasteiger partial charge < -0.3 is 10.2 Å². The molecule has 2 heteroatoms. The van der Waals surface area contributed by atoms with E-state index in [1.165, 1.54) is 64.7 Å². The largest absolute Gasteiger partial charge is 0.314 e. The van der Waals surface area contributed by atoms with Crippen molar-refractivity contribution in [3.63, 3.8) is 0 Å². The summed E-state index contributed by atoms with van der Waals surface area (Å²) in [6, 6.07) is 0.789. The van der Waals surface area contributed by atoms with Crippen LogP contribution < -0.4 is 5.32 Å². The van der Waals surface area contributed by atoms with Crippen LogP contribution in [0.2, 0.25) is 0 Å². The van der Waals surface area contributed by atoms with Gasteiger partial charge in [0, 0.05) is 6.04 Å². The summed E-state index contributed by atoms with van der Waals surface area (Å²) in [6.45, 7) is 10.1. The summed E-state index contributed by atoms with van der Waals surface area (Å²) < 4.78 is 0. The molecule has 0 spiro atoms. The Hall–Kier alpha value is -0.0800.